The average molecular weight is 675 g/mol. The van der Waals surface area contributed by atoms with Gasteiger partial charge in [-0.2, -0.15) is 22.6 Å². The first-order valence-corrected chi connectivity index (χ1v) is 17.5. The maximum absolute atomic E-state index is 14.0. The number of fused-ring (bicyclic) bond motifs is 1. The highest BCUT2D eigenvalue weighted by molar-refractivity contribution is 7.88. The molecule has 2 N–H and O–H groups in total. The van der Waals surface area contributed by atoms with Crippen LogP contribution >= 0.6 is 0 Å². The summed E-state index contributed by atoms with van der Waals surface area (Å²) >= 11 is 0. The largest absolute Gasteiger partial charge is 0.416 e. The van der Waals surface area contributed by atoms with Crippen molar-refractivity contribution in [3.05, 3.63) is 82.3 Å². The van der Waals surface area contributed by atoms with E-state index in [1.807, 2.05) is 12.1 Å². The third kappa shape index (κ3) is 8.66. The van der Waals surface area contributed by atoms with E-state index in [0.29, 0.717) is 41.3 Å². The van der Waals surface area contributed by atoms with Gasteiger partial charge in [0.1, 0.15) is 0 Å². The van der Waals surface area contributed by atoms with Crippen LogP contribution < -0.4 is 5.32 Å². The molecule has 0 bridgehead atoms. The molecule has 4 heterocycles. The van der Waals surface area contributed by atoms with Gasteiger partial charge in [-0.25, -0.2) is 8.42 Å². The van der Waals surface area contributed by atoms with Gasteiger partial charge in [0.2, 0.25) is 15.9 Å². The number of aliphatic hydroxyl groups excluding tert-OH is 1. The Hall–Kier alpha value is -3.59. The number of aromatic nitrogens is 3. The van der Waals surface area contributed by atoms with E-state index in [1.165, 1.54) is 28.1 Å². The quantitative estimate of drug-likeness (QED) is 0.311. The second kappa shape index (κ2) is 14.3. The fourth-order valence-corrected chi connectivity index (χ4v) is 7.22. The lowest BCUT2D eigenvalue weighted by Gasteiger charge is -2.33. The zero-order valence-electron chi connectivity index (χ0n) is 26.8. The van der Waals surface area contributed by atoms with Gasteiger partial charge in [0.05, 0.1) is 30.2 Å². The molecule has 3 aromatic rings. The van der Waals surface area contributed by atoms with E-state index in [4.69, 9.17) is 5.10 Å². The number of halogens is 3. The Morgan fingerprint density at radius 3 is 2.45 bits per heavy atom. The van der Waals surface area contributed by atoms with Gasteiger partial charge >= 0.3 is 6.18 Å². The molecule has 1 fully saturated rings. The van der Waals surface area contributed by atoms with Gasteiger partial charge < -0.3 is 15.3 Å². The number of alkyl halides is 3. The summed E-state index contributed by atoms with van der Waals surface area (Å²) in [7, 11) is -3.55. The first-order valence-electron chi connectivity index (χ1n) is 15.7. The zero-order valence-corrected chi connectivity index (χ0v) is 27.6. The number of aliphatic hydroxyl groups is 1. The van der Waals surface area contributed by atoms with Crippen LogP contribution in [0.3, 0.4) is 0 Å². The number of pyridine rings is 1. The summed E-state index contributed by atoms with van der Waals surface area (Å²) in [5, 5.41) is 18.5. The van der Waals surface area contributed by atoms with E-state index in [-0.39, 0.29) is 31.7 Å². The van der Waals surface area contributed by atoms with Crippen LogP contribution in [-0.4, -0.2) is 81.9 Å². The van der Waals surface area contributed by atoms with Crippen molar-refractivity contribution < 1.29 is 31.5 Å². The van der Waals surface area contributed by atoms with E-state index in [0.717, 1.165) is 43.9 Å². The molecule has 254 valence electrons. The minimum atomic E-state index is -4.65. The van der Waals surface area contributed by atoms with Gasteiger partial charge in [-0.3, -0.25) is 14.5 Å². The standard InChI is InChI=1S/C33H41F3N6O4S/c1-22(2)16-31(44)38-18-26-17-25(4-5-29(26)33(34,35)36)32-28-21-41(47(3,45)46)15-10-30(28)42(39-32)20-27(43)19-40-13-8-24(9-14-40)23-6-11-37-12-7-23/h4-7,11-12,16-17,24,27,43H,8-10,13-15,18-21H2,1-3H3,(H,38,44). The number of likely N-dealkylation sites (tertiary alicyclic amines) is 1. The third-order valence-corrected chi connectivity index (χ3v) is 9.99. The lowest BCUT2D eigenvalue weighted by atomic mass is 9.90. The molecule has 1 amide bonds. The smallest absolute Gasteiger partial charge is 0.390 e. The molecule has 47 heavy (non-hydrogen) atoms. The normalized spacial score (nSPS) is 17.3. The molecule has 2 aliphatic heterocycles. The Morgan fingerprint density at radius 2 is 1.81 bits per heavy atom. The number of amides is 1. The van der Waals surface area contributed by atoms with Crippen LogP contribution in [-0.2, 0) is 47.0 Å². The SMILES string of the molecule is CC(C)=CC(=O)NCc1cc(-c2nn(CC(O)CN3CCC(c4ccncc4)CC3)c3c2CN(S(C)(=O)=O)CC3)ccc1C(F)(F)F. The Labute approximate surface area is 273 Å². The number of benzene rings is 1. The van der Waals surface area contributed by atoms with E-state index in [9.17, 15) is 31.5 Å². The predicted octanol–water partition coefficient (Wildman–Crippen LogP) is 4.10. The molecule has 0 aliphatic carbocycles. The molecule has 1 saturated heterocycles. The molecule has 14 heteroatoms. The summed E-state index contributed by atoms with van der Waals surface area (Å²) in [5.74, 6) is -0.0661. The van der Waals surface area contributed by atoms with E-state index in [1.54, 1.807) is 30.9 Å². The number of carbonyl (C=O) groups is 1. The first kappa shape index (κ1) is 34.7. The van der Waals surface area contributed by atoms with Crippen LogP contribution in [0.15, 0.2) is 54.4 Å². The lowest BCUT2D eigenvalue weighted by molar-refractivity contribution is -0.138. The number of hydrogen-bond acceptors (Lipinski definition) is 7. The summed E-state index contributed by atoms with van der Waals surface area (Å²) in [4.78, 5) is 18.5. The lowest BCUT2D eigenvalue weighted by Crippen LogP contribution is -2.40. The van der Waals surface area contributed by atoms with Gasteiger partial charge in [-0.1, -0.05) is 11.6 Å². The summed E-state index contributed by atoms with van der Waals surface area (Å²) < 4.78 is 69.9. The Kier molecular flexibility index (Phi) is 10.5. The summed E-state index contributed by atoms with van der Waals surface area (Å²) in [6.07, 6.45) is 2.87. The maximum atomic E-state index is 14.0. The van der Waals surface area contributed by atoms with Gasteiger partial charge in [0.15, 0.2) is 0 Å². The maximum Gasteiger partial charge on any atom is 0.416 e. The van der Waals surface area contributed by atoms with E-state index >= 15 is 0 Å². The molecular weight excluding hydrogens is 633 g/mol. The Bertz CT molecular complexity index is 1710. The average Bonchev–Trinajstić information content (AvgIpc) is 3.37. The highest BCUT2D eigenvalue weighted by Crippen LogP contribution is 2.37. The van der Waals surface area contributed by atoms with E-state index in [2.05, 4.69) is 15.2 Å². The monoisotopic (exact) mass is 674 g/mol. The predicted molar refractivity (Wildman–Crippen MR) is 172 cm³/mol. The summed E-state index contributed by atoms with van der Waals surface area (Å²) in [6.45, 7) is 5.53. The van der Waals surface area contributed by atoms with Crippen LogP contribution in [0.2, 0.25) is 0 Å². The molecule has 10 nitrogen and oxygen atoms in total. The van der Waals surface area contributed by atoms with Crippen molar-refractivity contribution >= 4 is 15.9 Å². The number of carbonyl (C=O) groups excluding carboxylic acids is 1. The number of nitrogens with one attached hydrogen (secondary N) is 1. The van der Waals surface area contributed by atoms with Crippen LogP contribution in [0, 0.1) is 0 Å². The van der Waals surface area contributed by atoms with Crippen LogP contribution in [0.1, 0.15) is 60.6 Å². The van der Waals surface area contributed by atoms with Gasteiger partial charge in [0, 0.05) is 67.9 Å². The molecule has 5 rings (SSSR count). The number of rotatable bonds is 10. The molecule has 0 spiro atoms. The highest BCUT2D eigenvalue weighted by Gasteiger charge is 2.35. The molecular formula is C33H41F3N6O4S. The van der Waals surface area contributed by atoms with Gasteiger partial charge in [-0.15, -0.1) is 0 Å². The van der Waals surface area contributed by atoms with Crippen molar-refractivity contribution in [1.82, 2.24) is 29.3 Å². The zero-order chi connectivity index (χ0) is 33.9. The number of hydrogen-bond donors (Lipinski definition) is 2. The van der Waals surface area contributed by atoms with Crippen LogP contribution in [0.4, 0.5) is 13.2 Å². The van der Waals surface area contributed by atoms with Crippen molar-refractivity contribution in [2.45, 2.75) is 70.9 Å². The topological polar surface area (TPSA) is 121 Å². The van der Waals surface area contributed by atoms with E-state index < -0.39 is 33.8 Å². The second-order valence-electron chi connectivity index (χ2n) is 12.6. The molecule has 1 unspecified atom stereocenters. The first-order chi connectivity index (χ1) is 22.2. The highest BCUT2D eigenvalue weighted by atomic mass is 32.2. The summed E-state index contributed by atoms with van der Waals surface area (Å²) in [5.41, 5.74) is 3.00. The van der Waals surface area contributed by atoms with Gasteiger partial charge in [0.25, 0.3) is 0 Å². The second-order valence-corrected chi connectivity index (χ2v) is 14.6. The molecule has 1 aromatic carbocycles. The molecule has 2 aliphatic rings. The van der Waals surface area contributed by atoms with Crippen molar-refractivity contribution in [2.24, 2.45) is 0 Å². The van der Waals surface area contributed by atoms with Crippen molar-refractivity contribution in [2.75, 3.05) is 32.4 Å². The number of nitrogens with zero attached hydrogens (tertiary/aromatic N) is 5. The van der Waals surface area contributed by atoms with Crippen LogP contribution in [0.25, 0.3) is 11.3 Å². The van der Waals surface area contributed by atoms with Gasteiger partial charge in [-0.05, 0) is 81.1 Å². The Morgan fingerprint density at radius 1 is 1.11 bits per heavy atom. The molecule has 1 atom stereocenters. The fraction of sp³-hybridized carbons (Fsp3) is 0.485. The minimum absolute atomic E-state index is 0.00970. The number of piperidine rings is 1. The third-order valence-electron chi connectivity index (χ3n) is 8.74. The molecule has 0 saturated carbocycles. The number of β-amino-alcohol motifs (C(OH)–C–C–N with tert-alkyl or cyclic N) is 1. The van der Waals surface area contributed by atoms with Crippen molar-refractivity contribution in [3.8, 4) is 11.3 Å². The Balaban J connectivity index is 1.39. The van der Waals surface area contributed by atoms with Crippen molar-refractivity contribution in [3.63, 3.8) is 0 Å². The van der Waals surface area contributed by atoms with Crippen molar-refractivity contribution in [1.29, 1.82) is 0 Å². The number of allylic oxidation sites excluding steroid dienone is 1. The molecule has 0 radical (unpaired) electrons. The summed E-state index contributed by atoms with van der Waals surface area (Å²) in [6, 6.07) is 7.71. The fourth-order valence-electron chi connectivity index (χ4n) is 6.43. The minimum Gasteiger partial charge on any atom is -0.390 e. The molecule has 2 aromatic heterocycles. The number of sulfonamides is 1. The van der Waals surface area contributed by atoms with Crippen LogP contribution in [0.5, 0.6) is 0 Å².